The van der Waals surface area contributed by atoms with Crippen LogP contribution >= 0.6 is 0 Å². The van der Waals surface area contributed by atoms with Crippen LogP contribution in [0.2, 0.25) is 0 Å². The largest absolute Gasteiger partial charge is 0.376 e. The second kappa shape index (κ2) is 9.00. The Kier molecular flexibility index (Phi) is 8.64. The zero-order valence-electron chi connectivity index (χ0n) is 10.1. The molecule has 0 bridgehead atoms. The molecule has 3 nitrogen and oxygen atoms in total. The quantitative estimate of drug-likeness (QED) is 0.366. The molecular weight excluding hydrogens is 174 g/mol. The van der Waals surface area contributed by atoms with E-state index >= 15 is 0 Å². The van der Waals surface area contributed by atoms with E-state index in [0.717, 1.165) is 19.6 Å². The van der Waals surface area contributed by atoms with E-state index in [1.54, 1.807) is 0 Å². The fourth-order valence-electron chi connectivity index (χ4n) is 1.15. The van der Waals surface area contributed by atoms with Gasteiger partial charge in [-0.3, -0.25) is 4.99 Å². The van der Waals surface area contributed by atoms with Crippen molar-refractivity contribution in [3.8, 4) is 0 Å². The van der Waals surface area contributed by atoms with Crippen molar-refractivity contribution in [2.75, 3.05) is 26.7 Å². The molecule has 0 aliphatic heterocycles. The van der Waals surface area contributed by atoms with Crippen LogP contribution in [0.5, 0.6) is 0 Å². The molecule has 14 heavy (non-hydrogen) atoms. The van der Waals surface area contributed by atoms with Gasteiger partial charge < -0.3 is 10.2 Å². The van der Waals surface area contributed by atoms with Crippen LogP contribution in [0.15, 0.2) is 4.99 Å². The number of unbranched alkanes of at least 4 members (excludes halogenated alkanes) is 1. The minimum atomic E-state index is 0.383. The highest BCUT2D eigenvalue weighted by atomic mass is 15.1. The molecular formula is C11H25N3. The molecule has 0 aromatic rings. The van der Waals surface area contributed by atoms with Crippen LogP contribution in [-0.4, -0.2) is 44.0 Å². The number of likely N-dealkylation sites (N-methyl/N-ethyl adjacent to an activating group) is 1. The van der Waals surface area contributed by atoms with Crippen molar-refractivity contribution in [2.24, 2.45) is 4.99 Å². The van der Waals surface area contributed by atoms with Crippen LogP contribution < -0.4 is 5.32 Å². The molecule has 0 aliphatic rings. The highest BCUT2D eigenvalue weighted by Gasteiger charge is 2.00. The number of rotatable bonds is 8. The van der Waals surface area contributed by atoms with Crippen LogP contribution in [0, 0.1) is 0 Å². The topological polar surface area (TPSA) is 27.6 Å². The Hall–Kier alpha value is -0.570. The maximum absolute atomic E-state index is 4.41. The van der Waals surface area contributed by atoms with Crippen LogP contribution in [0.3, 0.4) is 0 Å². The first-order valence-electron chi connectivity index (χ1n) is 5.64. The lowest BCUT2D eigenvalue weighted by Crippen LogP contribution is -2.27. The fourth-order valence-corrected chi connectivity index (χ4v) is 1.15. The van der Waals surface area contributed by atoms with Crippen molar-refractivity contribution in [3.05, 3.63) is 0 Å². The Labute approximate surface area is 88.6 Å². The molecule has 3 heteroatoms. The molecule has 0 radical (unpaired) electrons. The molecule has 0 aromatic heterocycles. The van der Waals surface area contributed by atoms with Gasteiger partial charge in [0.05, 0.1) is 12.4 Å². The highest BCUT2D eigenvalue weighted by Crippen LogP contribution is 1.91. The zero-order valence-corrected chi connectivity index (χ0v) is 10.1. The molecule has 0 saturated carbocycles. The number of aliphatic imine (C=N–C) groups is 1. The third kappa shape index (κ3) is 8.05. The highest BCUT2D eigenvalue weighted by molar-refractivity contribution is 5.54. The van der Waals surface area contributed by atoms with E-state index in [0.29, 0.717) is 6.04 Å². The molecule has 84 valence electrons. The summed E-state index contributed by atoms with van der Waals surface area (Å²) in [6.07, 6.45) is 4.30. The van der Waals surface area contributed by atoms with Gasteiger partial charge in [0.25, 0.3) is 0 Å². The van der Waals surface area contributed by atoms with E-state index in [-0.39, 0.29) is 0 Å². The normalized spacial score (nSPS) is 13.8. The maximum atomic E-state index is 4.41. The van der Waals surface area contributed by atoms with Gasteiger partial charge in [-0.1, -0.05) is 20.3 Å². The number of hydrogen-bond donors (Lipinski definition) is 1. The van der Waals surface area contributed by atoms with Gasteiger partial charge in [-0.15, -0.1) is 0 Å². The second-order valence-corrected chi connectivity index (χ2v) is 3.79. The molecule has 0 saturated heterocycles. The first-order valence-corrected chi connectivity index (χ1v) is 5.64. The van der Waals surface area contributed by atoms with Gasteiger partial charge in [-0.25, -0.2) is 0 Å². The van der Waals surface area contributed by atoms with Gasteiger partial charge in [-0.05, 0) is 26.9 Å². The fraction of sp³-hybridized carbons (Fsp3) is 0.909. The third-order valence-electron chi connectivity index (χ3n) is 2.21. The maximum Gasteiger partial charge on any atom is 0.0827 e. The molecule has 1 unspecified atom stereocenters. The summed E-state index contributed by atoms with van der Waals surface area (Å²) in [6, 6.07) is 0.383. The molecule has 0 fully saturated rings. The zero-order chi connectivity index (χ0) is 10.8. The summed E-state index contributed by atoms with van der Waals surface area (Å²) in [5.41, 5.74) is 0. The summed E-state index contributed by atoms with van der Waals surface area (Å²) < 4.78 is 0. The summed E-state index contributed by atoms with van der Waals surface area (Å²) in [5, 5.41) is 3.20. The average molecular weight is 199 g/mol. The Morgan fingerprint density at radius 1 is 1.43 bits per heavy atom. The smallest absolute Gasteiger partial charge is 0.0827 e. The van der Waals surface area contributed by atoms with E-state index in [4.69, 9.17) is 0 Å². The van der Waals surface area contributed by atoms with Crippen molar-refractivity contribution in [1.82, 2.24) is 10.2 Å². The molecule has 0 spiro atoms. The van der Waals surface area contributed by atoms with Crippen molar-refractivity contribution in [1.29, 1.82) is 0 Å². The van der Waals surface area contributed by atoms with E-state index in [1.165, 1.54) is 12.8 Å². The van der Waals surface area contributed by atoms with Gasteiger partial charge in [-0.2, -0.15) is 0 Å². The first kappa shape index (κ1) is 13.4. The van der Waals surface area contributed by atoms with Crippen LogP contribution in [-0.2, 0) is 0 Å². The van der Waals surface area contributed by atoms with E-state index in [2.05, 4.69) is 43.0 Å². The molecule has 0 aliphatic carbocycles. The monoisotopic (exact) mass is 199 g/mol. The van der Waals surface area contributed by atoms with Crippen molar-refractivity contribution < 1.29 is 0 Å². The molecule has 0 aromatic carbocycles. The van der Waals surface area contributed by atoms with Crippen molar-refractivity contribution in [3.63, 3.8) is 0 Å². The van der Waals surface area contributed by atoms with E-state index in [1.807, 2.05) is 6.34 Å². The standard InChI is InChI=1S/C11H25N3/c1-5-7-8-12-10-13-11(3)9-14(4)6-2/h10-11H,5-9H2,1-4H3,(H,12,13). The minimum Gasteiger partial charge on any atom is -0.376 e. The predicted molar refractivity (Wildman–Crippen MR) is 64.0 cm³/mol. The predicted octanol–water partition coefficient (Wildman–Crippen LogP) is 1.74. The average Bonchev–Trinajstić information content (AvgIpc) is 2.17. The third-order valence-corrected chi connectivity index (χ3v) is 2.21. The number of nitrogens with zero attached hydrogens (tertiary/aromatic N) is 2. The van der Waals surface area contributed by atoms with Gasteiger partial charge >= 0.3 is 0 Å². The van der Waals surface area contributed by atoms with Gasteiger partial charge in [0, 0.05) is 13.1 Å². The van der Waals surface area contributed by atoms with Gasteiger partial charge in [0.1, 0.15) is 0 Å². The molecule has 0 amide bonds. The summed E-state index contributed by atoms with van der Waals surface area (Å²) in [6.45, 7) is 9.65. The van der Waals surface area contributed by atoms with Gasteiger partial charge in [0.2, 0.25) is 0 Å². The lowest BCUT2D eigenvalue weighted by molar-refractivity contribution is 0.334. The summed E-state index contributed by atoms with van der Waals surface area (Å²) in [7, 11) is 2.12. The summed E-state index contributed by atoms with van der Waals surface area (Å²) in [4.78, 5) is 6.68. The summed E-state index contributed by atoms with van der Waals surface area (Å²) >= 11 is 0. The SMILES string of the molecule is CCCCN/C=N/C(C)CN(C)CC. The molecule has 1 atom stereocenters. The Balaban J connectivity index is 3.45. The Morgan fingerprint density at radius 2 is 2.14 bits per heavy atom. The summed E-state index contributed by atoms with van der Waals surface area (Å²) in [5.74, 6) is 0. The number of nitrogens with one attached hydrogen (secondary N) is 1. The van der Waals surface area contributed by atoms with Gasteiger partial charge in [0.15, 0.2) is 0 Å². The molecule has 0 heterocycles. The lowest BCUT2D eigenvalue weighted by atomic mass is 10.3. The first-order chi connectivity index (χ1) is 6.70. The molecule has 0 rings (SSSR count). The molecule has 1 N–H and O–H groups in total. The minimum absolute atomic E-state index is 0.383. The number of hydrogen-bond acceptors (Lipinski definition) is 2. The van der Waals surface area contributed by atoms with Crippen LogP contribution in [0.1, 0.15) is 33.6 Å². The van der Waals surface area contributed by atoms with Crippen LogP contribution in [0.25, 0.3) is 0 Å². The van der Waals surface area contributed by atoms with Crippen LogP contribution in [0.4, 0.5) is 0 Å². The van der Waals surface area contributed by atoms with E-state index in [9.17, 15) is 0 Å². The van der Waals surface area contributed by atoms with Crippen molar-refractivity contribution >= 4 is 6.34 Å². The Morgan fingerprint density at radius 3 is 2.71 bits per heavy atom. The lowest BCUT2D eigenvalue weighted by Gasteiger charge is -2.16. The van der Waals surface area contributed by atoms with Crippen molar-refractivity contribution in [2.45, 2.75) is 39.7 Å². The second-order valence-electron chi connectivity index (χ2n) is 3.79. The van der Waals surface area contributed by atoms with E-state index < -0.39 is 0 Å². The Bertz CT molecular complexity index is 145.